The molecular weight excluding hydrogens is 489 g/mol. The Kier molecular flexibility index (Phi) is 6.02. The molecule has 1 N–H and O–H groups in total. The minimum absolute atomic E-state index is 0.105. The molecule has 5 heterocycles. The van der Waals surface area contributed by atoms with Gasteiger partial charge in [0.1, 0.15) is 11.7 Å². The lowest BCUT2D eigenvalue weighted by atomic mass is 9.95. The van der Waals surface area contributed by atoms with Crippen LogP contribution in [0.3, 0.4) is 0 Å². The molecular formula is C28H30FN5O4. The Hall–Kier alpha value is -3.66. The van der Waals surface area contributed by atoms with Gasteiger partial charge in [0.05, 0.1) is 5.54 Å². The number of benzene rings is 1. The van der Waals surface area contributed by atoms with Crippen LogP contribution < -0.4 is 5.32 Å². The fourth-order valence-electron chi connectivity index (χ4n) is 6.70. The predicted octanol–water partition coefficient (Wildman–Crippen LogP) is 2.24. The molecule has 4 amide bonds. The third-order valence-corrected chi connectivity index (χ3v) is 8.55. The van der Waals surface area contributed by atoms with Crippen LogP contribution in [0.4, 0.5) is 4.39 Å². The van der Waals surface area contributed by atoms with Crippen LogP contribution in [-0.2, 0) is 27.5 Å². The number of nitrogens with zero attached hydrogens (tertiary/aromatic N) is 4. The summed E-state index contributed by atoms with van der Waals surface area (Å²) in [6.45, 7) is 4.61. The third-order valence-electron chi connectivity index (χ3n) is 8.55. The molecule has 0 saturated carbocycles. The fraction of sp³-hybridized carbons (Fsp3) is 0.464. The Balaban J connectivity index is 1.20. The molecule has 3 saturated heterocycles. The molecule has 0 aliphatic carbocycles. The molecule has 9 nitrogen and oxygen atoms in total. The maximum atomic E-state index is 15.8. The van der Waals surface area contributed by atoms with Crippen molar-refractivity contribution >= 4 is 23.6 Å². The van der Waals surface area contributed by atoms with Crippen LogP contribution in [0.5, 0.6) is 0 Å². The van der Waals surface area contributed by atoms with Crippen molar-refractivity contribution in [1.82, 2.24) is 25.0 Å². The van der Waals surface area contributed by atoms with Crippen LogP contribution in [0.15, 0.2) is 30.5 Å². The van der Waals surface area contributed by atoms with Crippen LogP contribution in [0.2, 0.25) is 0 Å². The molecule has 10 heteroatoms. The van der Waals surface area contributed by atoms with Crippen LogP contribution in [0, 0.1) is 5.82 Å². The van der Waals surface area contributed by atoms with E-state index in [2.05, 4.69) is 15.2 Å². The molecule has 0 bridgehead atoms. The molecule has 4 aliphatic heterocycles. The second-order valence-electron chi connectivity index (χ2n) is 10.9. The van der Waals surface area contributed by atoms with Gasteiger partial charge >= 0.3 is 0 Å². The second kappa shape index (κ2) is 9.27. The summed E-state index contributed by atoms with van der Waals surface area (Å²) in [5.74, 6) is -1.35. The van der Waals surface area contributed by atoms with Crippen molar-refractivity contribution < 1.29 is 23.6 Å². The van der Waals surface area contributed by atoms with Gasteiger partial charge in [-0.25, -0.2) is 4.39 Å². The second-order valence-corrected chi connectivity index (χ2v) is 10.9. The van der Waals surface area contributed by atoms with Gasteiger partial charge in [-0.05, 0) is 49.4 Å². The number of hydrogen-bond acceptors (Lipinski definition) is 6. The largest absolute Gasteiger partial charge is 0.336 e. The summed E-state index contributed by atoms with van der Waals surface area (Å²) in [4.78, 5) is 59.0. The summed E-state index contributed by atoms with van der Waals surface area (Å²) in [7, 11) is 0. The number of fused-ring (bicyclic) bond motifs is 1. The quantitative estimate of drug-likeness (QED) is 0.622. The van der Waals surface area contributed by atoms with Crippen molar-refractivity contribution in [3.8, 4) is 11.3 Å². The number of rotatable bonds is 4. The molecule has 0 radical (unpaired) electrons. The molecule has 2 aromatic rings. The number of carbonyl (C=O) groups excluding carboxylic acids is 4. The first-order chi connectivity index (χ1) is 18.3. The topological polar surface area (TPSA) is 103 Å². The SMILES string of the molecule is CC(=O)N1CCCC12CCN(Cc1ccnc(-c3ccc4c(c3)CN(C3CCC(=O)NC3=O)C4=O)c1F)C2. The van der Waals surface area contributed by atoms with Crippen molar-refractivity contribution in [3.63, 3.8) is 0 Å². The average Bonchev–Trinajstić information content (AvgIpc) is 3.58. The highest BCUT2D eigenvalue weighted by molar-refractivity contribution is 6.05. The van der Waals surface area contributed by atoms with E-state index in [4.69, 9.17) is 0 Å². The summed E-state index contributed by atoms with van der Waals surface area (Å²) in [6.07, 6.45) is 4.96. The number of imide groups is 1. The van der Waals surface area contributed by atoms with Gasteiger partial charge in [0.25, 0.3) is 5.91 Å². The van der Waals surface area contributed by atoms with E-state index in [1.807, 2.05) is 4.90 Å². The zero-order chi connectivity index (χ0) is 26.6. The zero-order valence-corrected chi connectivity index (χ0v) is 21.3. The standard InChI is InChI=1S/C28H30FN5O4/c1-17(35)34-11-2-8-28(34)9-12-32(16-28)14-19-7-10-30-25(24(19)29)18-3-4-21-20(13-18)15-33(27(21)38)22-5-6-23(36)31-26(22)37/h3-4,7,10,13,22H,2,5-6,8-9,11-12,14-16H2,1H3,(H,31,36,37). The Labute approximate surface area is 220 Å². The van der Waals surface area contributed by atoms with Crippen molar-refractivity contribution in [2.24, 2.45) is 0 Å². The molecule has 1 aromatic heterocycles. The van der Waals surface area contributed by atoms with Gasteiger partial charge in [0.2, 0.25) is 17.7 Å². The van der Waals surface area contributed by atoms with E-state index in [0.717, 1.165) is 38.9 Å². The number of piperidine rings is 1. The average molecular weight is 520 g/mol. The van der Waals surface area contributed by atoms with Crippen LogP contribution in [-0.4, -0.2) is 74.5 Å². The molecule has 198 valence electrons. The summed E-state index contributed by atoms with van der Waals surface area (Å²) in [6, 6.07) is 6.11. The maximum Gasteiger partial charge on any atom is 0.255 e. The minimum atomic E-state index is -0.697. The van der Waals surface area contributed by atoms with E-state index in [1.54, 1.807) is 37.4 Å². The smallest absolute Gasteiger partial charge is 0.255 e. The summed E-state index contributed by atoms with van der Waals surface area (Å²) >= 11 is 0. The fourth-order valence-corrected chi connectivity index (χ4v) is 6.70. The van der Waals surface area contributed by atoms with Crippen LogP contribution in [0.1, 0.15) is 60.5 Å². The van der Waals surface area contributed by atoms with Gasteiger partial charge in [0.15, 0.2) is 5.82 Å². The summed E-state index contributed by atoms with van der Waals surface area (Å²) < 4.78 is 15.8. The lowest BCUT2D eigenvalue weighted by Gasteiger charge is -2.34. The monoisotopic (exact) mass is 519 g/mol. The Morgan fingerprint density at radius 2 is 2.03 bits per heavy atom. The van der Waals surface area contributed by atoms with E-state index < -0.39 is 17.8 Å². The summed E-state index contributed by atoms with van der Waals surface area (Å²) in [5.41, 5.74) is 2.37. The molecule has 1 aromatic carbocycles. The molecule has 2 unspecified atom stereocenters. The molecule has 1 spiro atoms. The molecule has 2 atom stereocenters. The number of pyridine rings is 1. The number of aromatic nitrogens is 1. The number of hydrogen-bond donors (Lipinski definition) is 1. The summed E-state index contributed by atoms with van der Waals surface area (Å²) in [5, 5.41) is 2.30. The van der Waals surface area contributed by atoms with E-state index >= 15 is 4.39 Å². The molecule has 3 fully saturated rings. The van der Waals surface area contributed by atoms with Crippen molar-refractivity contribution in [2.45, 2.75) is 63.7 Å². The van der Waals surface area contributed by atoms with Gasteiger partial charge in [-0.3, -0.25) is 34.4 Å². The van der Waals surface area contributed by atoms with Crippen LogP contribution >= 0.6 is 0 Å². The number of amides is 4. The molecule has 4 aliphatic rings. The van der Waals surface area contributed by atoms with E-state index in [0.29, 0.717) is 28.8 Å². The van der Waals surface area contributed by atoms with Crippen molar-refractivity contribution in [1.29, 1.82) is 0 Å². The first-order valence-electron chi connectivity index (χ1n) is 13.2. The van der Waals surface area contributed by atoms with E-state index in [9.17, 15) is 19.2 Å². The normalized spacial score (nSPS) is 25.4. The predicted molar refractivity (Wildman–Crippen MR) is 135 cm³/mol. The lowest BCUT2D eigenvalue weighted by molar-refractivity contribution is -0.137. The maximum absolute atomic E-state index is 15.8. The van der Waals surface area contributed by atoms with Crippen molar-refractivity contribution in [3.05, 3.63) is 53.0 Å². The number of likely N-dealkylation sites (tertiary alicyclic amines) is 2. The van der Waals surface area contributed by atoms with Gasteiger partial charge in [-0.1, -0.05) is 6.07 Å². The first-order valence-corrected chi connectivity index (χ1v) is 13.2. The van der Waals surface area contributed by atoms with Gasteiger partial charge in [0, 0.05) is 69.0 Å². The minimum Gasteiger partial charge on any atom is -0.336 e. The first kappa shape index (κ1) is 24.7. The molecule has 38 heavy (non-hydrogen) atoms. The highest BCUT2D eigenvalue weighted by Gasteiger charge is 2.47. The van der Waals surface area contributed by atoms with E-state index in [-0.39, 0.29) is 48.3 Å². The van der Waals surface area contributed by atoms with Crippen LogP contribution in [0.25, 0.3) is 11.3 Å². The van der Waals surface area contributed by atoms with Crippen molar-refractivity contribution in [2.75, 3.05) is 19.6 Å². The zero-order valence-electron chi connectivity index (χ0n) is 21.3. The molecule has 6 rings (SSSR count). The van der Waals surface area contributed by atoms with E-state index in [1.165, 1.54) is 4.90 Å². The lowest BCUT2D eigenvalue weighted by Crippen LogP contribution is -2.52. The Morgan fingerprint density at radius 1 is 1.18 bits per heavy atom. The number of nitrogens with one attached hydrogen (secondary N) is 1. The Morgan fingerprint density at radius 3 is 2.82 bits per heavy atom. The number of halogens is 1. The van der Waals surface area contributed by atoms with Gasteiger partial charge in [-0.15, -0.1) is 0 Å². The Bertz CT molecular complexity index is 1360. The van der Waals surface area contributed by atoms with Gasteiger partial charge in [-0.2, -0.15) is 0 Å². The number of carbonyl (C=O) groups is 4. The van der Waals surface area contributed by atoms with Gasteiger partial charge < -0.3 is 9.80 Å². The highest BCUT2D eigenvalue weighted by atomic mass is 19.1. The highest BCUT2D eigenvalue weighted by Crippen LogP contribution is 2.39. The third kappa shape index (κ3) is 4.07.